The molecule has 2 aliphatic heterocycles. The van der Waals surface area contributed by atoms with E-state index in [2.05, 4.69) is 6.58 Å². The Kier molecular flexibility index (Phi) is 5.71. The predicted octanol–water partition coefficient (Wildman–Crippen LogP) is 4.39. The van der Waals surface area contributed by atoms with Gasteiger partial charge in [0.05, 0.1) is 34.6 Å². The van der Waals surface area contributed by atoms with Crippen molar-refractivity contribution in [3.8, 4) is 17.1 Å². The lowest BCUT2D eigenvalue weighted by Gasteiger charge is -2.37. The molecule has 0 radical (unpaired) electrons. The van der Waals surface area contributed by atoms with E-state index in [0.29, 0.717) is 34.8 Å². The van der Waals surface area contributed by atoms with Crippen molar-refractivity contribution in [3.05, 3.63) is 106 Å². The third-order valence-corrected chi connectivity index (χ3v) is 7.20. The van der Waals surface area contributed by atoms with Gasteiger partial charge in [0.1, 0.15) is 24.7 Å². The summed E-state index contributed by atoms with van der Waals surface area (Å²) in [5.74, 6) is -1.09. The van der Waals surface area contributed by atoms with Crippen molar-refractivity contribution >= 4 is 22.8 Å². The fourth-order valence-electron chi connectivity index (χ4n) is 5.22. The molecule has 0 aliphatic carbocycles. The monoisotopic (exact) mass is 524 g/mol. The number of hydrogen-bond acceptors (Lipinski definition) is 7. The molecule has 2 aliphatic rings. The molecule has 0 fully saturated rings. The Morgan fingerprint density at radius 3 is 2.67 bits per heavy atom. The minimum absolute atomic E-state index is 0.100. The van der Waals surface area contributed by atoms with Crippen molar-refractivity contribution in [3.63, 3.8) is 0 Å². The van der Waals surface area contributed by atoms with Crippen LogP contribution in [0.1, 0.15) is 40.4 Å². The molecule has 0 saturated heterocycles. The third-order valence-electron chi connectivity index (χ3n) is 7.20. The zero-order valence-corrected chi connectivity index (χ0v) is 21.1. The number of ether oxygens (including phenoxy) is 3. The molecule has 9 nitrogen and oxygen atoms in total. The van der Waals surface area contributed by atoms with E-state index in [1.807, 2.05) is 36.4 Å². The number of hydrogen-bond donors (Lipinski definition) is 1. The second-order valence-corrected chi connectivity index (χ2v) is 9.52. The van der Waals surface area contributed by atoms with Crippen LogP contribution in [0.5, 0.6) is 5.75 Å². The number of esters is 1. The highest BCUT2D eigenvalue weighted by atomic mass is 16.6. The van der Waals surface area contributed by atoms with E-state index in [9.17, 15) is 14.4 Å². The van der Waals surface area contributed by atoms with Crippen molar-refractivity contribution < 1.29 is 28.9 Å². The first kappa shape index (κ1) is 24.4. The number of fused-ring (bicyclic) bond motifs is 5. The van der Waals surface area contributed by atoms with Crippen molar-refractivity contribution in [2.45, 2.75) is 32.1 Å². The van der Waals surface area contributed by atoms with E-state index in [0.717, 1.165) is 16.5 Å². The van der Waals surface area contributed by atoms with Crippen LogP contribution in [0.25, 0.3) is 22.3 Å². The zero-order chi connectivity index (χ0) is 27.3. The number of carbonyl (C=O) groups excluding carboxylic acids is 1. The molecule has 2 aromatic carbocycles. The number of carboxylic acid groups (broad SMARTS) is 1. The van der Waals surface area contributed by atoms with Crippen LogP contribution in [0.15, 0.2) is 77.8 Å². The molecule has 2 aromatic heterocycles. The maximum Gasteiger partial charge on any atom is 0.355 e. The topological polar surface area (TPSA) is 117 Å². The quantitative estimate of drug-likeness (QED) is 0.246. The summed E-state index contributed by atoms with van der Waals surface area (Å²) in [7, 11) is 0. The molecule has 9 heteroatoms. The van der Waals surface area contributed by atoms with E-state index in [1.165, 1.54) is 24.3 Å². The van der Waals surface area contributed by atoms with E-state index in [1.54, 1.807) is 11.5 Å². The van der Waals surface area contributed by atoms with Gasteiger partial charge >= 0.3 is 11.9 Å². The van der Waals surface area contributed by atoms with Crippen LogP contribution in [-0.2, 0) is 33.0 Å². The first-order chi connectivity index (χ1) is 18.8. The summed E-state index contributed by atoms with van der Waals surface area (Å²) in [6.07, 6.45) is 0.187. The number of aromatic nitrogens is 2. The van der Waals surface area contributed by atoms with Gasteiger partial charge in [0, 0.05) is 16.5 Å². The van der Waals surface area contributed by atoms with Gasteiger partial charge in [-0.15, -0.1) is 0 Å². The predicted molar refractivity (Wildman–Crippen MR) is 141 cm³/mol. The van der Waals surface area contributed by atoms with Crippen molar-refractivity contribution in [2.75, 3.05) is 6.61 Å². The molecule has 4 aromatic rings. The average Bonchev–Trinajstić information content (AvgIpc) is 3.30. The van der Waals surface area contributed by atoms with E-state index in [4.69, 9.17) is 24.3 Å². The lowest BCUT2D eigenvalue weighted by Crippen LogP contribution is -2.46. The molecule has 0 amide bonds. The number of cyclic esters (lactones) is 1. The highest BCUT2D eigenvalue weighted by molar-refractivity contribution is 5.88. The van der Waals surface area contributed by atoms with Gasteiger partial charge in [-0.1, -0.05) is 31.7 Å². The number of pyridine rings is 2. The van der Waals surface area contributed by atoms with E-state index in [-0.39, 0.29) is 36.5 Å². The van der Waals surface area contributed by atoms with E-state index < -0.39 is 17.5 Å². The molecule has 1 atom stereocenters. The van der Waals surface area contributed by atoms with Crippen LogP contribution in [-0.4, -0.2) is 33.2 Å². The first-order valence-electron chi connectivity index (χ1n) is 12.5. The van der Waals surface area contributed by atoms with Gasteiger partial charge < -0.3 is 23.9 Å². The average molecular weight is 525 g/mol. The Morgan fingerprint density at radius 2 is 1.92 bits per heavy atom. The normalized spacial score (nSPS) is 17.1. The molecule has 0 unspecified atom stereocenters. The van der Waals surface area contributed by atoms with Gasteiger partial charge in [-0.05, 0) is 48.9 Å². The van der Waals surface area contributed by atoms with Crippen molar-refractivity contribution in [1.29, 1.82) is 0 Å². The van der Waals surface area contributed by atoms with Crippen LogP contribution < -0.4 is 10.3 Å². The van der Waals surface area contributed by atoms with Gasteiger partial charge in [0.15, 0.2) is 0 Å². The molecule has 196 valence electrons. The Labute approximate surface area is 222 Å². The van der Waals surface area contributed by atoms with Crippen LogP contribution in [0, 0.1) is 0 Å². The number of nitrogens with zero attached hydrogens (tertiary/aromatic N) is 2. The summed E-state index contributed by atoms with van der Waals surface area (Å²) in [4.78, 5) is 42.8. The molecule has 6 rings (SSSR count). The minimum Gasteiger partial charge on any atom is -0.486 e. The Balaban J connectivity index is 1.35. The van der Waals surface area contributed by atoms with Crippen molar-refractivity contribution in [2.24, 2.45) is 0 Å². The Hall–Kier alpha value is -4.92. The molecular formula is C30H24N2O7. The summed E-state index contributed by atoms with van der Waals surface area (Å²) in [6.45, 7) is 5.84. The molecule has 1 N–H and O–H groups in total. The molecule has 0 spiro atoms. The second kappa shape index (κ2) is 9.13. The molecule has 4 heterocycles. The highest BCUT2D eigenvalue weighted by Crippen LogP contribution is 2.41. The van der Waals surface area contributed by atoms with Crippen LogP contribution >= 0.6 is 0 Å². The summed E-state index contributed by atoms with van der Waals surface area (Å²) >= 11 is 0. The summed E-state index contributed by atoms with van der Waals surface area (Å²) < 4.78 is 19.0. The van der Waals surface area contributed by atoms with Gasteiger partial charge in [-0.25, -0.2) is 14.6 Å². The number of benzene rings is 2. The largest absolute Gasteiger partial charge is 0.486 e. The lowest BCUT2D eigenvalue weighted by atomic mass is 9.85. The third kappa shape index (κ3) is 3.94. The molecular weight excluding hydrogens is 500 g/mol. The first-order valence-corrected chi connectivity index (χ1v) is 12.5. The zero-order valence-electron chi connectivity index (χ0n) is 21.1. The fourth-order valence-corrected chi connectivity index (χ4v) is 5.22. The number of carbonyl (C=O) groups is 2. The van der Waals surface area contributed by atoms with E-state index >= 15 is 0 Å². The fraction of sp³-hybridized carbons (Fsp3) is 0.200. The summed E-state index contributed by atoms with van der Waals surface area (Å²) in [5, 5.41) is 10.1. The van der Waals surface area contributed by atoms with Crippen LogP contribution in [0.2, 0.25) is 0 Å². The van der Waals surface area contributed by atoms with Gasteiger partial charge in [-0.2, -0.15) is 0 Å². The smallest absolute Gasteiger partial charge is 0.355 e. The summed E-state index contributed by atoms with van der Waals surface area (Å²) in [5.41, 5.74) is 2.15. The Morgan fingerprint density at radius 1 is 1.15 bits per heavy atom. The Bertz CT molecular complexity index is 1740. The summed E-state index contributed by atoms with van der Waals surface area (Å²) in [6, 6.07) is 17.5. The minimum atomic E-state index is -1.59. The SMILES string of the molecule is C=C(COc1ccc(C(=O)O)cc1)O[C@]1(CC)C(=O)OCc2c1cc1n(c2=O)Cc2cc3ccccc3nc2-1. The molecule has 0 bridgehead atoms. The number of para-hydroxylation sites is 1. The maximum atomic E-state index is 13.6. The highest BCUT2D eigenvalue weighted by Gasteiger charge is 2.49. The van der Waals surface area contributed by atoms with Gasteiger partial charge in [0.2, 0.25) is 5.60 Å². The standard InChI is InChI=1S/C30H24N2O7/c1-3-30(39-17(2)15-37-21-10-8-18(9-11-21)28(34)35)23-13-25-26-20(12-19-6-4-5-7-24(19)31-26)14-32(25)27(33)22(23)16-38-29(30)36/h4-13H,2-3,14-16H2,1H3,(H,34,35)/t30-/m0/s1. The van der Waals surface area contributed by atoms with Gasteiger partial charge in [0.25, 0.3) is 5.56 Å². The molecule has 0 saturated carbocycles. The number of carboxylic acids is 1. The van der Waals surface area contributed by atoms with Crippen LogP contribution in [0.3, 0.4) is 0 Å². The number of rotatable bonds is 7. The van der Waals surface area contributed by atoms with Crippen molar-refractivity contribution in [1.82, 2.24) is 9.55 Å². The second-order valence-electron chi connectivity index (χ2n) is 9.52. The van der Waals surface area contributed by atoms with Gasteiger partial charge in [-0.3, -0.25) is 4.79 Å². The maximum absolute atomic E-state index is 13.6. The van der Waals surface area contributed by atoms with Crippen LogP contribution in [0.4, 0.5) is 0 Å². The number of aromatic carboxylic acids is 1. The molecule has 39 heavy (non-hydrogen) atoms. The lowest BCUT2D eigenvalue weighted by molar-refractivity contribution is -0.175.